The zero-order chi connectivity index (χ0) is 21.9. The number of nitrogens with one attached hydrogen (secondary N) is 3. The molecule has 0 bridgehead atoms. The third-order valence-corrected chi connectivity index (χ3v) is 4.47. The van der Waals surface area contributed by atoms with E-state index in [9.17, 15) is 9.59 Å². The number of hydrogen-bond acceptors (Lipinski definition) is 4. The molecule has 0 aromatic heterocycles. The lowest BCUT2D eigenvalue weighted by molar-refractivity contribution is -0.115. The summed E-state index contributed by atoms with van der Waals surface area (Å²) < 4.78 is 5.63. The Bertz CT molecular complexity index is 914. The Labute approximate surface area is 186 Å². The number of ether oxygens (including phenoxy) is 1. The van der Waals surface area contributed by atoms with Gasteiger partial charge in [-0.25, -0.2) is 0 Å². The molecule has 0 fully saturated rings. The number of benzene rings is 2. The summed E-state index contributed by atoms with van der Waals surface area (Å²) in [7, 11) is 0. The van der Waals surface area contributed by atoms with Gasteiger partial charge in [0.15, 0.2) is 5.11 Å². The topological polar surface area (TPSA) is 79.5 Å². The van der Waals surface area contributed by atoms with Crippen molar-refractivity contribution in [1.82, 2.24) is 16.2 Å². The summed E-state index contributed by atoms with van der Waals surface area (Å²) in [6.45, 7) is 4.89. The number of halogens is 1. The van der Waals surface area contributed by atoms with Crippen molar-refractivity contribution < 1.29 is 14.3 Å². The van der Waals surface area contributed by atoms with E-state index in [1.54, 1.807) is 48.5 Å². The van der Waals surface area contributed by atoms with Crippen LogP contribution < -0.4 is 20.9 Å². The van der Waals surface area contributed by atoms with Crippen LogP contribution in [0.4, 0.5) is 0 Å². The molecule has 0 radical (unpaired) electrons. The molecule has 0 unspecified atom stereocenters. The molecule has 2 rings (SSSR count). The SMILES string of the molecule is CC(C)CCOc1ccc(C(=O)NNC(=S)NC(=O)C=Cc2ccccc2Cl)cc1. The lowest BCUT2D eigenvalue weighted by atomic mass is 10.1. The van der Waals surface area contributed by atoms with Crippen molar-refractivity contribution in [2.45, 2.75) is 20.3 Å². The van der Waals surface area contributed by atoms with Crippen LogP contribution in [-0.4, -0.2) is 23.5 Å². The second-order valence-electron chi connectivity index (χ2n) is 6.81. The molecule has 2 amide bonds. The van der Waals surface area contributed by atoms with Crippen LogP contribution in [0.3, 0.4) is 0 Å². The van der Waals surface area contributed by atoms with Crippen molar-refractivity contribution in [2.75, 3.05) is 6.61 Å². The Morgan fingerprint density at radius 2 is 1.80 bits per heavy atom. The molecule has 0 saturated carbocycles. The Morgan fingerprint density at radius 1 is 1.10 bits per heavy atom. The molecule has 0 aliphatic rings. The summed E-state index contributed by atoms with van der Waals surface area (Å²) in [5.41, 5.74) is 6.05. The first-order chi connectivity index (χ1) is 14.3. The van der Waals surface area contributed by atoms with Crippen molar-refractivity contribution in [1.29, 1.82) is 0 Å². The van der Waals surface area contributed by atoms with Gasteiger partial charge >= 0.3 is 0 Å². The van der Waals surface area contributed by atoms with E-state index in [0.717, 1.165) is 6.42 Å². The molecule has 0 heterocycles. The Balaban J connectivity index is 1.76. The highest BCUT2D eigenvalue weighted by Crippen LogP contribution is 2.16. The summed E-state index contributed by atoms with van der Waals surface area (Å²) in [5.74, 6) is 0.418. The maximum absolute atomic E-state index is 12.2. The van der Waals surface area contributed by atoms with E-state index in [0.29, 0.717) is 34.4 Å². The summed E-state index contributed by atoms with van der Waals surface area (Å²) >= 11 is 11.0. The quantitative estimate of drug-likeness (QED) is 0.339. The number of carbonyl (C=O) groups is 2. The molecule has 2 aromatic rings. The van der Waals surface area contributed by atoms with Gasteiger partial charge in [-0.05, 0) is 66.5 Å². The summed E-state index contributed by atoms with van der Waals surface area (Å²) in [5, 5.41) is 2.93. The first kappa shape index (κ1) is 23.4. The van der Waals surface area contributed by atoms with Gasteiger partial charge in [0.25, 0.3) is 5.91 Å². The third kappa shape index (κ3) is 8.23. The van der Waals surface area contributed by atoms with Gasteiger partial charge in [0, 0.05) is 16.7 Å². The molecule has 0 saturated heterocycles. The molecule has 3 N–H and O–H groups in total. The van der Waals surface area contributed by atoms with E-state index < -0.39 is 11.8 Å². The van der Waals surface area contributed by atoms with Crippen LogP contribution >= 0.6 is 23.8 Å². The fourth-order valence-electron chi connectivity index (χ4n) is 2.26. The predicted octanol–water partition coefficient (Wildman–Crippen LogP) is 4.11. The summed E-state index contributed by atoms with van der Waals surface area (Å²) in [6, 6.07) is 13.9. The summed E-state index contributed by atoms with van der Waals surface area (Å²) in [4.78, 5) is 24.1. The first-order valence-electron chi connectivity index (χ1n) is 9.42. The largest absolute Gasteiger partial charge is 0.494 e. The van der Waals surface area contributed by atoms with Gasteiger partial charge in [0.05, 0.1) is 6.61 Å². The molecular formula is C22H24ClN3O3S. The van der Waals surface area contributed by atoms with E-state index in [1.165, 1.54) is 6.08 Å². The maximum atomic E-state index is 12.2. The number of carbonyl (C=O) groups excluding carboxylic acids is 2. The molecule has 0 aliphatic heterocycles. The lowest BCUT2D eigenvalue weighted by Crippen LogP contribution is -2.48. The van der Waals surface area contributed by atoms with E-state index >= 15 is 0 Å². The zero-order valence-corrected chi connectivity index (χ0v) is 18.3. The average molecular weight is 446 g/mol. The van der Waals surface area contributed by atoms with E-state index in [-0.39, 0.29) is 5.11 Å². The molecule has 158 valence electrons. The van der Waals surface area contributed by atoms with Crippen molar-refractivity contribution in [3.8, 4) is 5.75 Å². The van der Waals surface area contributed by atoms with Gasteiger partial charge in [-0.2, -0.15) is 0 Å². The second kappa shape index (κ2) is 11.9. The lowest BCUT2D eigenvalue weighted by Gasteiger charge is -2.11. The second-order valence-corrected chi connectivity index (χ2v) is 7.62. The van der Waals surface area contributed by atoms with Crippen molar-refractivity contribution >= 4 is 46.8 Å². The van der Waals surface area contributed by atoms with Crippen LogP contribution in [-0.2, 0) is 4.79 Å². The van der Waals surface area contributed by atoms with Gasteiger partial charge in [-0.1, -0.05) is 43.6 Å². The number of amides is 2. The Hall–Kier alpha value is -2.90. The fraction of sp³-hybridized carbons (Fsp3) is 0.227. The highest BCUT2D eigenvalue weighted by molar-refractivity contribution is 7.80. The average Bonchev–Trinajstić information content (AvgIpc) is 2.71. The number of rotatable bonds is 7. The standard InChI is InChI=1S/C22H24ClN3O3S/c1-15(2)13-14-29-18-10-7-17(8-11-18)21(28)25-26-22(30)24-20(27)12-9-16-5-3-4-6-19(16)23/h3-12,15H,13-14H2,1-2H3,(H,25,28)(H2,24,26,27,30). The minimum absolute atomic E-state index is 0.0363. The molecule has 0 aliphatic carbocycles. The number of hydrazine groups is 1. The smallest absolute Gasteiger partial charge is 0.269 e. The molecular weight excluding hydrogens is 422 g/mol. The normalized spacial score (nSPS) is 10.7. The third-order valence-electron chi connectivity index (χ3n) is 3.93. The van der Waals surface area contributed by atoms with Crippen molar-refractivity contribution in [2.24, 2.45) is 5.92 Å². The summed E-state index contributed by atoms with van der Waals surface area (Å²) in [6.07, 6.45) is 3.83. The molecule has 0 spiro atoms. The van der Waals surface area contributed by atoms with Crippen LogP contribution in [0.15, 0.2) is 54.6 Å². The highest BCUT2D eigenvalue weighted by Gasteiger charge is 2.07. The van der Waals surface area contributed by atoms with Gasteiger partial charge in [-0.3, -0.25) is 25.8 Å². The molecule has 8 heteroatoms. The van der Waals surface area contributed by atoms with Crippen LogP contribution in [0, 0.1) is 5.92 Å². The molecule has 30 heavy (non-hydrogen) atoms. The van der Waals surface area contributed by atoms with E-state index in [4.69, 9.17) is 28.6 Å². The van der Waals surface area contributed by atoms with Gasteiger partial charge in [0.1, 0.15) is 5.75 Å². The van der Waals surface area contributed by atoms with Crippen molar-refractivity contribution in [3.63, 3.8) is 0 Å². The van der Waals surface area contributed by atoms with Gasteiger partial charge in [0.2, 0.25) is 5.91 Å². The maximum Gasteiger partial charge on any atom is 0.269 e. The first-order valence-corrected chi connectivity index (χ1v) is 10.2. The van der Waals surface area contributed by atoms with E-state index in [1.807, 2.05) is 6.07 Å². The molecule has 2 aromatic carbocycles. The number of thiocarbonyl (C=S) groups is 1. The Morgan fingerprint density at radius 3 is 2.47 bits per heavy atom. The number of hydrogen-bond donors (Lipinski definition) is 3. The minimum atomic E-state index is -0.454. The fourth-order valence-corrected chi connectivity index (χ4v) is 2.61. The van der Waals surface area contributed by atoms with Crippen molar-refractivity contribution in [3.05, 3.63) is 70.8 Å². The van der Waals surface area contributed by atoms with Crippen LogP contribution in [0.5, 0.6) is 5.75 Å². The van der Waals surface area contributed by atoms with Gasteiger partial charge < -0.3 is 4.74 Å². The zero-order valence-electron chi connectivity index (χ0n) is 16.8. The van der Waals surface area contributed by atoms with Crippen LogP contribution in [0.1, 0.15) is 36.2 Å². The Kier molecular flexibility index (Phi) is 9.31. The van der Waals surface area contributed by atoms with Gasteiger partial charge in [-0.15, -0.1) is 0 Å². The monoisotopic (exact) mass is 445 g/mol. The van der Waals surface area contributed by atoms with Crippen LogP contribution in [0.25, 0.3) is 6.08 Å². The van der Waals surface area contributed by atoms with Crippen LogP contribution in [0.2, 0.25) is 5.02 Å². The highest BCUT2D eigenvalue weighted by atomic mass is 35.5. The minimum Gasteiger partial charge on any atom is -0.494 e. The van der Waals surface area contributed by atoms with E-state index in [2.05, 4.69) is 30.0 Å². The molecule has 0 atom stereocenters. The predicted molar refractivity (Wildman–Crippen MR) is 123 cm³/mol. The molecule has 6 nitrogen and oxygen atoms in total.